The Balaban J connectivity index is 4.97. The standard InChI is InChI=1S/C9H19NO2S/c1-7(2)6-8(10)9(3,4)13(5,11)12/h6,8H,10H2,1-5H3. The van der Waals surface area contributed by atoms with E-state index >= 15 is 0 Å². The van der Waals surface area contributed by atoms with Crippen molar-refractivity contribution in [3.63, 3.8) is 0 Å². The Morgan fingerprint density at radius 1 is 1.38 bits per heavy atom. The van der Waals surface area contributed by atoms with E-state index < -0.39 is 20.6 Å². The van der Waals surface area contributed by atoms with E-state index in [1.165, 1.54) is 6.26 Å². The van der Waals surface area contributed by atoms with Gasteiger partial charge in [-0.2, -0.15) is 0 Å². The van der Waals surface area contributed by atoms with Crippen LogP contribution in [0.4, 0.5) is 0 Å². The summed E-state index contributed by atoms with van der Waals surface area (Å²) in [5.74, 6) is 0. The minimum atomic E-state index is -3.12. The summed E-state index contributed by atoms with van der Waals surface area (Å²) in [6, 6.07) is -0.451. The summed E-state index contributed by atoms with van der Waals surface area (Å²) in [6.07, 6.45) is 2.99. The molecule has 0 saturated heterocycles. The molecule has 0 heterocycles. The highest BCUT2D eigenvalue weighted by molar-refractivity contribution is 7.92. The number of allylic oxidation sites excluding steroid dienone is 1. The topological polar surface area (TPSA) is 60.2 Å². The third kappa shape index (κ3) is 3.12. The van der Waals surface area contributed by atoms with E-state index in [-0.39, 0.29) is 0 Å². The molecule has 0 rings (SSSR count). The molecule has 0 aromatic heterocycles. The monoisotopic (exact) mass is 205 g/mol. The van der Waals surface area contributed by atoms with Gasteiger partial charge in [0.2, 0.25) is 0 Å². The van der Waals surface area contributed by atoms with Crippen molar-refractivity contribution in [2.75, 3.05) is 6.26 Å². The zero-order valence-corrected chi connectivity index (χ0v) is 9.77. The number of hydrogen-bond donors (Lipinski definition) is 1. The highest BCUT2D eigenvalue weighted by Gasteiger charge is 2.35. The van der Waals surface area contributed by atoms with E-state index in [0.717, 1.165) is 5.57 Å². The number of sulfone groups is 1. The van der Waals surface area contributed by atoms with E-state index in [1.807, 2.05) is 13.8 Å². The molecule has 0 aliphatic carbocycles. The second-order valence-electron chi connectivity index (χ2n) is 4.15. The molecule has 2 N–H and O–H groups in total. The number of rotatable bonds is 3. The zero-order valence-electron chi connectivity index (χ0n) is 8.96. The molecule has 0 spiro atoms. The summed E-state index contributed by atoms with van der Waals surface area (Å²) in [7, 11) is -3.12. The Morgan fingerprint density at radius 2 is 1.77 bits per heavy atom. The molecule has 0 saturated carbocycles. The van der Waals surface area contributed by atoms with Crippen LogP contribution in [-0.2, 0) is 9.84 Å². The van der Waals surface area contributed by atoms with Crippen molar-refractivity contribution in [2.24, 2.45) is 5.73 Å². The maximum Gasteiger partial charge on any atom is 0.154 e. The molecule has 0 fully saturated rings. The summed E-state index contributed by atoms with van der Waals surface area (Å²) in [5, 5.41) is 0. The van der Waals surface area contributed by atoms with E-state index in [2.05, 4.69) is 0 Å². The fraction of sp³-hybridized carbons (Fsp3) is 0.778. The van der Waals surface area contributed by atoms with Gasteiger partial charge >= 0.3 is 0 Å². The van der Waals surface area contributed by atoms with Crippen molar-refractivity contribution in [1.29, 1.82) is 0 Å². The van der Waals surface area contributed by atoms with Crippen LogP contribution in [-0.4, -0.2) is 25.5 Å². The highest BCUT2D eigenvalue weighted by atomic mass is 32.2. The number of hydrogen-bond acceptors (Lipinski definition) is 3. The molecule has 0 aromatic rings. The largest absolute Gasteiger partial charge is 0.323 e. The minimum absolute atomic E-state index is 0.451. The summed E-state index contributed by atoms with van der Waals surface area (Å²) in [4.78, 5) is 0. The van der Waals surface area contributed by atoms with Crippen LogP contribution >= 0.6 is 0 Å². The lowest BCUT2D eigenvalue weighted by Gasteiger charge is -2.27. The summed E-state index contributed by atoms with van der Waals surface area (Å²) in [5.41, 5.74) is 6.81. The molecule has 1 atom stereocenters. The van der Waals surface area contributed by atoms with Gasteiger partial charge in [-0.1, -0.05) is 11.6 Å². The lowest BCUT2D eigenvalue weighted by molar-refractivity contribution is 0.525. The van der Waals surface area contributed by atoms with Crippen molar-refractivity contribution in [1.82, 2.24) is 0 Å². The van der Waals surface area contributed by atoms with Crippen LogP contribution in [0.15, 0.2) is 11.6 Å². The van der Waals surface area contributed by atoms with Gasteiger partial charge in [-0.25, -0.2) is 8.42 Å². The lowest BCUT2D eigenvalue weighted by atomic mass is 10.0. The smallest absolute Gasteiger partial charge is 0.154 e. The molecule has 3 nitrogen and oxygen atoms in total. The van der Waals surface area contributed by atoms with Crippen molar-refractivity contribution in [2.45, 2.75) is 38.5 Å². The van der Waals surface area contributed by atoms with Crippen LogP contribution in [0.25, 0.3) is 0 Å². The Labute approximate surface area is 80.9 Å². The second kappa shape index (κ2) is 3.80. The van der Waals surface area contributed by atoms with Gasteiger partial charge in [0, 0.05) is 12.3 Å². The van der Waals surface area contributed by atoms with Gasteiger partial charge in [-0.05, 0) is 27.7 Å². The molecular weight excluding hydrogens is 186 g/mol. The van der Waals surface area contributed by atoms with E-state index in [0.29, 0.717) is 0 Å². The van der Waals surface area contributed by atoms with Crippen molar-refractivity contribution in [3.05, 3.63) is 11.6 Å². The first-order valence-electron chi connectivity index (χ1n) is 4.19. The van der Waals surface area contributed by atoms with Crippen LogP contribution in [0.5, 0.6) is 0 Å². The molecule has 0 amide bonds. The van der Waals surface area contributed by atoms with E-state index in [9.17, 15) is 8.42 Å². The van der Waals surface area contributed by atoms with Gasteiger partial charge in [0.15, 0.2) is 9.84 Å². The quantitative estimate of drug-likeness (QED) is 0.702. The van der Waals surface area contributed by atoms with Gasteiger partial charge < -0.3 is 5.73 Å². The van der Waals surface area contributed by atoms with E-state index in [1.54, 1.807) is 19.9 Å². The highest BCUT2D eigenvalue weighted by Crippen LogP contribution is 2.20. The lowest BCUT2D eigenvalue weighted by Crippen LogP contribution is -2.47. The fourth-order valence-electron chi connectivity index (χ4n) is 0.807. The maximum absolute atomic E-state index is 11.4. The normalized spacial score (nSPS) is 15.2. The second-order valence-corrected chi connectivity index (χ2v) is 6.74. The maximum atomic E-state index is 11.4. The molecule has 13 heavy (non-hydrogen) atoms. The first kappa shape index (κ1) is 12.7. The Kier molecular flexibility index (Phi) is 3.70. The fourth-order valence-corrected chi connectivity index (χ4v) is 1.37. The average molecular weight is 205 g/mol. The van der Waals surface area contributed by atoms with Crippen LogP contribution in [0.1, 0.15) is 27.7 Å². The average Bonchev–Trinajstić information content (AvgIpc) is 1.82. The van der Waals surface area contributed by atoms with Crippen LogP contribution in [0, 0.1) is 0 Å². The van der Waals surface area contributed by atoms with Gasteiger partial charge in [0.25, 0.3) is 0 Å². The molecular formula is C9H19NO2S. The predicted molar refractivity (Wildman–Crippen MR) is 56.3 cm³/mol. The molecule has 0 aromatic carbocycles. The summed E-state index contributed by atoms with van der Waals surface area (Å²) < 4.78 is 21.8. The van der Waals surface area contributed by atoms with Gasteiger partial charge in [0.05, 0.1) is 4.75 Å². The summed E-state index contributed by atoms with van der Waals surface area (Å²) in [6.45, 7) is 7.09. The Bertz CT molecular complexity index is 298. The molecule has 0 aliphatic rings. The molecule has 0 radical (unpaired) electrons. The van der Waals surface area contributed by atoms with Crippen LogP contribution in [0.3, 0.4) is 0 Å². The van der Waals surface area contributed by atoms with Crippen LogP contribution in [0.2, 0.25) is 0 Å². The van der Waals surface area contributed by atoms with Crippen molar-refractivity contribution < 1.29 is 8.42 Å². The first-order valence-corrected chi connectivity index (χ1v) is 6.08. The zero-order chi connectivity index (χ0) is 10.9. The molecule has 0 bridgehead atoms. The summed E-state index contributed by atoms with van der Waals surface area (Å²) >= 11 is 0. The molecule has 1 unspecified atom stereocenters. The minimum Gasteiger partial charge on any atom is -0.323 e. The first-order chi connectivity index (χ1) is 5.59. The van der Waals surface area contributed by atoms with Crippen molar-refractivity contribution >= 4 is 9.84 Å². The number of nitrogens with two attached hydrogens (primary N) is 1. The third-order valence-electron chi connectivity index (χ3n) is 2.27. The predicted octanol–water partition coefficient (Wildman–Crippen LogP) is 1.10. The van der Waals surface area contributed by atoms with Gasteiger partial charge in [-0.15, -0.1) is 0 Å². The van der Waals surface area contributed by atoms with Gasteiger partial charge in [0.1, 0.15) is 0 Å². The molecule has 0 aliphatic heterocycles. The van der Waals surface area contributed by atoms with E-state index in [4.69, 9.17) is 5.73 Å². The Hall–Kier alpha value is -0.350. The van der Waals surface area contributed by atoms with Crippen LogP contribution < -0.4 is 5.73 Å². The Morgan fingerprint density at radius 3 is 2.00 bits per heavy atom. The molecule has 4 heteroatoms. The van der Waals surface area contributed by atoms with Crippen molar-refractivity contribution in [3.8, 4) is 0 Å². The SMILES string of the molecule is CC(C)=CC(N)C(C)(C)S(C)(=O)=O. The molecule has 78 valence electrons. The third-order valence-corrected chi connectivity index (χ3v) is 4.45. The van der Waals surface area contributed by atoms with Gasteiger partial charge in [-0.3, -0.25) is 0 Å².